The molecular formula is C16H20F2N2O2S. The molecule has 1 fully saturated rings. The highest BCUT2D eigenvalue weighted by atomic mass is 32.1. The first kappa shape index (κ1) is 17.6. The number of halogens is 2. The van der Waals surface area contributed by atoms with Crippen molar-refractivity contribution in [1.29, 1.82) is 0 Å². The Morgan fingerprint density at radius 3 is 2.70 bits per heavy atom. The van der Waals surface area contributed by atoms with E-state index >= 15 is 0 Å². The van der Waals surface area contributed by atoms with Gasteiger partial charge in [0, 0.05) is 5.41 Å². The van der Waals surface area contributed by atoms with Crippen LogP contribution in [0.5, 0.6) is 0 Å². The maximum atomic E-state index is 13.8. The van der Waals surface area contributed by atoms with Gasteiger partial charge in [-0.3, -0.25) is 4.79 Å². The number of alkyl halides is 2. The lowest BCUT2D eigenvalue weighted by atomic mass is 9.88. The molecule has 0 spiro atoms. The smallest absolute Gasteiger partial charge is 0.251 e. The highest BCUT2D eigenvalue weighted by Gasteiger charge is 2.58. The average molecular weight is 342 g/mol. The number of nitrogens with zero attached hydrogens (tertiary/aromatic N) is 1. The molecule has 2 rings (SSSR count). The van der Waals surface area contributed by atoms with E-state index in [4.69, 9.17) is 0 Å². The van der Waals surface area contributed by atoms with Crippen molar-refractivity contribution in [2.24, 2.45) is 10.5 Å². The molecule has 0 aromatic carbocycles. The van der Waals surface area contributed by atoms with Gasteiger partial charge in [-0.1, -0.05) is 13.0 Å². The molecule has 2 N–H and O–H groups in total. The van der Waals surface area contributed by atoms with Crippen molar-refractivity contribution in [3.63, 3.8) is 0 Å². The Morgan fingerprint density at radius 2 is 2.26 bits per heavy atom. The number of allylic oxidation sites excluding steroid dienone is 2. The molecule has 0 unspecified atom stereocenters. The summed E-state index contributed by atoms with van der Waals surface area (Å²) in [5.41, 5.74) is 1.85. The van der Waals surface area contributed by atoms with Crippen molar-refractivity contribution in [3.8, 4) is 0 Å². The third kappa shape index (κ3) is 3.77. The van der Waals surface area contributed by atoms with Crippen LogP contribution in [0.4, 0.5) is 8.78 Å². The van der Waals surface area contributed by atoms with E-state index in [0.29, 0.717) is 36.1 Å². The molecule has 0 bridgehead atoms. The molecule has 1 aliphatic carbocycles. The van der Waals surface area contributed by atoms with Crippen LogP contribution in [0.1, 0.15) is 44.4 Å². The van der Waals surface area contributed by atoms with Crippen LogP contribution in [0.15, 0.2) is 33.9 Å². The maximum absolute atomic E-state index is 13.8. The number of rotatable bonds is 8. The SMILES string of the molecule is CC/C(CC1(C(C)(F)F)CC1)=C(O)/C(=N\NC=O)c1cccs1. The minimum absolute atomic E-state index is 0.125. The Hall–Kier alpha value is -1.76. The molecule has 23 heavy (non-hydrogen) atoms. The molecule has 7 heteroatoms. The fourth-order valence-corrected chi connectivity index (χ4v) is 3.32. The summed E-state index contributed by atoms with van der Waals surface area (Å²) in [5, 5.41) is 16.3. The van der Waals surface area contributed by atoms with E-state index in [1.54, 1.807) is 12.1 Å². The topological polar surface area (TPSA) is 61.7 Å². The molecule has 1 aromatic heterocycles. The van der Waals surface area contributed by atoms with Crippen LogP contribution < -0.4 is 5.43 Å². The summed E-state index contributed by atoms with van der Waals surface area (Å²) in [6.45, 7) is 2.75. The van der Waals surface area contributed by atoms with Crippen molar-refractivity contribution in [1.82, 2.24) is 5.43 Å². The quantitative estimate of drug-likeness (QED) is 0.321. The number of thiophene rings is 1. The molecule has 4 nitrogen and oxygen atoms in total. The maximum Gasteiger partial charge on any atom is 0.251 e. The molecule has 0 saturated heterocycles. The number of hydrazone groups is 1. The van der Waals surface area contributed by atoms with Crippen LogP contribution in [0, 0.1) is 5.41 Å². The van der Waals surface area contributed by atoms with Gasteiger partial charge in [-0.25, -0.2) is 14.2 Å². The van der Waals surface area contributed by atoms with E-state index in [2.05, 4.69) is 10.5 Å². The van der Waals surface area contributed by atoms with Gasteiger partial charge in [-0.05, 0) is 49.6 Å². The first-order valence-corrected chi connectivity index (χ1v) is 8.32. The van der Waals surface area contributed by atoms with Crippen molar-refractivity contribution >= 4 is 23.5 Å². The van der Waals surface area contributed by atoms with Gasteiger partial charge in [0.15, 0.2) is 0 Å². The highest BCUT2D eigenvalue weighted by molar-refractivity contribution is 7.12. The van der Waals surface area contributed by atoms with Crippen LogP contribution in [-0.4, -0.2) is 23.2 Å². The van der Waals surface area contributed by atoms with E-state index < -0.39 is 11.3 Å². The number of aliphatic hydroxyl groups is 1. The standard InChI is InChI=1S/C16H20F2N2O2S/c1-3-11(9-16(6-7-16)15(2,17)18)14(22)13(20-19-10-21)12-5-4-8-23-12/h4-5,8,10,22H,3,6-7,9H2,1-2H3,(H,19,21)/b14-11+,20-13-. The number of carbonyl (C=O) groups is 1. The minimum atomic E-state index is -2.78. The monoisotopic (exact) mass is 342 g/mol. The highest BCUT2D eigenvalue weighted by Crippen LogP contribution is 2.60. The van der Waals surface area contributed by atoms with Crippen molar-refractivity contribution in [3.05, 3.63) is 33.7 Å². The predicted molar refractivity (Wildman–Crippen MR) is 86.9 cm³/mol. The van der Waals surface area contributed by atoms with Crippen LogP contribution in [0.25, 0.3) is 0 Å². The van der Waals surface area contributed by atoms with E-state index in [1.807, 2.05) is 12.3 Å². The van der Waals surface area contributed by atoms with E-state index in [0.717, 1.165) is 6.92 Å². The second kappa shape index (κ2) is 6.78. The summed E-state index contributed by atoms with van der Waals surface area (Å²) in [6.07, 6.45) is 1.87. The van der Waals surface area contributed by atoms with Crippen LogP contribution in [-0.2, 0) is 4.79 Å². The Bertz CT molecular complexity index is 615. The molecular weight excluding hydrogens is 322 g/mol. The Labute approximate surface area is 137 Å². The molecule has 1 aromatic rings. The number of amides is 1. The molecule has 0 aliphatic heterocycles. The summed E-state index contributed by atoms with van der Waals surface area (Å²) in [6, 6.07) is 3.54. The summed E-state index contributed by atoms with van der Waals surface area (Å²) in [4.78, 5) is 11.2. The first-order valence-electron chi connectivity index (χ1n) is 7.44. The van der Waals surface area contributed by atoms with Crippen molar-refractivity contribution < 1.29 is 18.7 Å². The predicted octanol–water partition coefficient (Wildman–Crippen LogP) is 4.25. The number of nitrogens with one attached hydrogen (secondary N) is 1. The first-order chi connectivity index (χ1) is 10.8. The van der Waals surface area contributed by atoms with Crippen LogP contribution >= 0.6 is 11.3 Å². The zero-order valence-corrected chi connectivity index (χ0v) is 13.9. The second-order valence-electron chi connectivity index (χ2n) is 5.84. The third-order valence-corrected chi connectivity index (χ3v) is 5.18. The lowest BCUT2D eigenvalue weighted by molar-refractivity contribution is -0.109. The molecule has 1 amide bonds. The van der Waals surface area contributed by atoms with Crippen LogP contribution in [0.3, 0.4) is 0 Å². The molecule has 0 atom stereocenters. The number of hydrogen-bond donors (Lipinski definition) is 2. The van der Waals surface area contributed by atoms with Crippen molar-refractivity contribution in [2.75, 3.05) is 0 Å². The normalized spacial score (nSPS) is 18.3. The summed E-state index contributed by atoms with van der Waals surface area (Å²) >= 11 is 1.35. The van der Waals surface area contributed by atoms with Gasteiger partial charge < -0.3 is 5.11 Å². The zero-order chi connectivity index (χ0) is 17.1. The molecule has 1 saturated carbocycles. The largest absolute Gasteiger partial charge is 0.506 e. The molecule has 1 aliphatic rings. The fourth-order valence-electron chi connectivity index (χ4n) is 2.60. The number of aliphatic hydroxyl groups excluding tert-OH is 1. The fraction of sp³-hybridized carbons (Fsp3) is 0.500. The molecule has 1 heterocycles. The Kier molecular flexibility index (Phi) is 5.19. The lowest BCUT2D eigenvalue weighted by Crippen LogP contribution is -2.27. The van der Waals surface area contributed by atoms with Gasteiger partial charge in [0.2, 0.25) is 6.41 Å². The van der Waals surface area contributed by atoms with E-state index in [1.165, 1.54) is 11.3 Å². The van der Waals surface area contributed by atoms with Gasteiger partial charge in [0.1, 0.15) is 11.5 Å². The van der Waals surface area contributed by atoms with E-state index in [-0.39, 0.29) is 17.9 Å². The van der Waals surface area contributed by atoms with Gasteiger partial charge in [-0.15, -0.1) is 11.3 Å². The minimum Gasteiger partial charge on any atom is -0.506 e. The van der Waals surface area contributed by atoms with Gasteiger partial charge in [-0.2, -0.15) is 5.10 Å². The second-order valence-corrected chi connectivity index (χ2v) is 6.78. The lowest BCUT2D eigenvalue weighted by Gasteiger charge is -2.24. The third-order valence-electron chi connectivity index (χ3n) is 4.31. The summed E-state index contributed by atoms with van der Waals surface area (Å²) in [7, 11) is 0. The molecule has 126 valence electrons. The van der Waals surface area contributed by atoms with Gasteiger partial charge >= 0.3 is 0 Å². The Morgan fingerprint density at radius 1 is 1.57 bits per heavy atom. The number of hydrogen-bond acceptors (Lipinski definition) is 4. The summed E-state index contributed by atoms with van der Waals surface area (Å²) < 4.78 is 27.6. The van der Waals surface area contributed by atoms with Crippen molar-refractivity contribution in [2.45, 2.75) is 45.5 Å². The molecule has 0 radical (unpaired) electrons. The number of carbonyl (C=O) groups excluding carboxylic acids is 1. The van der Waals surface area contributed by atoms with Gasteiger partial charge in [0.25, 0.3) is 5.92 Å². The van der Waals surface area contributed by atoms with E-state index in [9.17, 15) is 18.7 Å². The summed E-state index contributed by atoms with van der Waals surface area (Å²) in [5.74, 6) is -2.91. The Balaban J connectivity index is 2.36. The van der Waals surface area contributed by atoms with Crippen LogP contribution in [0.2, 0.25) is 0 Å². The van der Waals surface area contributed by atoms with Gasteiger partial charge in [0.05, 0.1) is 4.88 Å². The zero-order valence-electron chi connectivity index (χ0n) is 13.1. The average Bonchev–Trinajstić information content (AvgIpc) is 3.11.